The molecule has 7 heteroatoms. The van der Waals surface area contributed by atoms with Crippen LogP contribution in [-0.4, -0.2) is 50.1 Å². The van der Waals surface area contributed by atoms with Crippen molar-refractivity contribution >= 4 is 16.0 Å². The Labute approximate surface area is 131 Å². The first-order valence-corrected chi connectivity index (χ1v) is 8.98. The molecule has 0 atom stereocenters. The lowest BCUT2D eigenvalue weighted by molar-refractivity contribution is 0.0696. The van der Waals surface area contributed by atoms with Gasteiger partial charge in [0.1, 0.15) is 0 Å². The van der Waals surface area contributed by atoms with Gasteiger partial charge in [0.05, 0.1) is 10.5 Å². The minimum absolute atomic E-state index is 0.0581. The van der Waals surface area contributed by atoms with Crippen molar-refractivity contribution < 1.29 is 18.3 Å². The Morgan fingerprint density at radius 2 is 1.86 bits per heavy atom. The summed E-state index contributed by atoms with van der Waals surface area (Å²) in [5, 5.41) is 8.84. The maximum absolute atomic E-state index is 12.3. The second kappa shape index (κ2) is 7.21. The molecule has 1 fully saturated rings. The van der Waals surface area contributed by atoms with E-state index >= 15 is 0 Å². The molecule has 22 heavy (non-hydrogen) atoms. The van der Waals surface area contributed by atoms with Crippen molar-refractivity contribution in [3.8, 4) is 0 Å². The predicted octanol–water partition coefficient (Wildman–Crippen LogP) is 1.54. The molecular weight excluding hydrogens is 304 g/mol. The number of sulfonamides is 1. The largest absolute Gasteiger partial charge is 0.478 e. The number of rotatable bonds is 6. The van der Waals surface area contributed by atoms with E-state index in [0.717, 1.165) is 38.9 Å². The van der Waals surface area contributed by atoms with Crippen molar-refractivity contribution in [1.29, 1.82) is 0 Å². The average Bonchev–Trinajstić information content (AvgIpc) is 2.49. The highest BCUT2D eigenvalue weighted by Crippen LogP contribution is 2.16. The fourth-order valence-electron chi connectivity index (χ4n) is 2.65. The maximum atomic E-state index is 12.3. The zero-order valence-corrected chi connectivity index (χ0v) is 13.5. The van der Waals surface area contributed by atoms with Gasteiger partial charge in [-0.1, -0.05) is 6.92 Å². The molecule has 2 N–H and O–H groups in total. The predicted molar refractivity (Wildman–Crippen MR) is 83.5 cm³/mol. The van der Waals surface area contributed by atoms with Gasteiger partial charge in [-0.25, -0.2) is 17.9 Å². The third-order valence-corrected chi connectivity index (χ3v) is 5.40. The molecule has 1 aromatic rings. The summed E-state index contributed by atoms with van der Waals surface area (Å²) < 4.78 is 27.4. The minimum atomic E-state index is -3.59. The van der Waals surface area contributed by atoms with Gasteiger partial charge in [0.15, 0.2) is 0 Å². The number of aromatic carboxylic acids is 1. The van der Waals surface area contributed by atoms with Crippen molar-refractivity contribution in [2.45, 2.75) is 37.1 Å². The van der Waals surface area contributed by atoms with Crippen LogP contribution in [-0.2, 0) is 10.0 Å². The van der Waals surface area contributed by atoms with Crippen LogP contribution in [0.5, 0.6) is 0 Å². The molecule has 0 unspecified atom stereocenters. The first-order chi connectivity index (χ1) is 10.4. The molecule has 6 nitrogen and oxygen atoms in total. The Hall–Kier alpha value is -1.44. The second-order valence-corrected chi connectivity index (χ2v) is 7.28. The number of carbonyl (C=O) groups is 1. The average molecular weight is 326 g/mol. The number of likely N-dealkylation sites (tertiary alicyclic amines) is 1. The maximum Gasteiger partial charge on any atom is 0.335 e. The van der Waals surface area contributed by atoms with E-state index in [2.05, 4.69) is 16.5 Å². The molecule has 0 saturated carbocycles. The molecule has 0 aromatic heterocycles. The van der Waals surface area contributed by atoms with Gasteiger partial charge >= 0.3 is 5.97 Å². The number of hydrogen-bond acceptors (Lipinski definition) is 4. The van der Waals surface area contributed by atoms with E-state index in [0.29, 0.717) is 0 Å². The Balaban J connectivity index is 1.98. The number of hydrogen-bond donors (Lipinski definition) is 2. The first-order valence-electron chi connectivity index (χ1n) is 7.50. The third-order valence-electron chi connectivity index (χ3n) is 3.86. The zero-order chi connectivity index (χ0) is 16.2. The monoisotopic (exact) mass is 326 g/mol. The van der Waals surface area contributed by atoms with Crippen LogP contribution in [0, 0.1) is 0 Å². The van der Waals surface area contributed by atoms with E-state index in [4.69, 9.17) is 5.11 Å². The van der Waals surface area contributed by atoms with Crippen molar-refractivity contribution in [2.24, 2.45) is 0 Å². The molecule has 1 heterocycles. The summed E-state index contributed by atoms with van der Waals surface area (Å²) in [5.74, 6) is -1.07. The number of piperidine rings is 1. The summed E-state index contributed by atoms with van der Waals surface area (Å²) in [4.78, 5) is 13.2. The highest BCUT2D eigenvalue weighted by atomic mass is 32.2. The molecule has 2 rings (SSSR count). The quantitative estimate of drug-likeness (QED) is 0.828. The van der Waals surface area contributed by atoms with Crippen molar-refractivity contribution in [3.63, 3.8) is 0 Å². The third kappa shape index (κ3) is 4.28. The van der Waals surface area contributed by atoms with Crippen molar-refractivity contribution in [1.82, 2.24) is 9.62 Å². The molecule has 0 spiro atoms. The Morgan fingerprint density at radius 1 is 1.27 bits per heavy atom. The lowest BCUT2D eigenvalue weighted by Crippen LogP contribution is -2.44. The van der Waals surface area contributed by atoms with Gasteiger partial charge in [-0.05, 0) is 63.2 Å². The lowest BCUT2D eigenvalue weighted by Gasteiger charge is -2.31. The number of carboxylic acids is 1. The van der Waals surface area contributed by atoms with E-state index in [-0.39, 0.29) is 16.5 Å². The smallest absolute Gasteiger partial charge is 0.335 e. The fourth-order valence-corrected chi connectivity index (χ4v) is 3.96. The van der Waals surface area contributed by atoms with Crippen molar-refractivity contribution in [2.75, 3.05) is 19.6 Å². The summed E-state index contributed by atoms with van der Waals surface area (Å²) in [7, 11) is -3.59. The summed E-state index contributed by atoms with van der Waals surface area (Å²) in [6, 6.07) is 5.22. The van der Waals surface area contributed by atoms with Crippen LogP contribution in [0.1, 0.15) is 36.5 Å². The molecular formula is C15H22N2O4S. The first kappa shape index (κ1) is 16.9. The SMILES string of the molecule is CCCN1CCC(NS(=O)(=O)c2ccc(C(=O)O)cc2)CC1. The molecule has 0 aliphatic carbocycles. The number of nitrogens with one attached hydrogen (secondary N) is 1. The van der Waals surface area contributed by atoms with Crippen LogP contribution < -0.4 is 4.72 Å². The Kier molecular flexibility index (Phi) is 5.55. The standard InChI is InChI=1S/C15H22N2O4S/c1-2-9-17-10-7-13(8-11-17)16-22(20,21)14-5-3-12(4-6-14)15(18)19/h3-6,13,16H,2,7-11H2,1H3,(H,18,19). The summed E-state index contributed by atoms with van der Waals surface area (Å²) >= 11 is 0. The van der Waals surface area contributed by atoms with Gasteiger partial charge in [-0.15, -0.1) is 0 Å². The zero-order valence-electron chi connectivity index (χ0n) is 12.7. The van der Waals surface area contributed by atoms with Gasteiger partial charge in [0.25, 0.3) is 0 Å². The topological polar surface area (TPSA) is 86.7 Å². The van der Waals surface area contributed by atoms with E-state index in [9.17, 15) is 13.2 Å². The van der Waals surface area contributed by atoms with E-state index in [1.807, 2.05) is 0 Å². The molecule has 1 aliphatic rings. The summed E-state index contributed by atoms with van der Waals surface area (Å²) in [6.45, 7) is 4.99. The van der Waals surface area contributed by atoms with Gasteiger partial charge < -0.3 is 10.0 Å². The Morgan fingerprint density at radius 3 is 2.36 bits per heavy atom. The molecule has 0 bridgehead atoms. The molecule has 1 saturated heterocycles. The van der Waals surface area contributed by atoms with Gasteiger partial charge in [-0.2, -0.15) is 0 Å². The van der Waals surface area contributed by atoms with Crippen molar-refractivity contribution in [3.05, 3.63) is 29.8 Å². The summed E-state index contributed by atoms with van der Waals surface area (Å²) in [5.41, 5.74) is 0.0758. The van der Waals surface area contributed by atoms with E-state index in [1.54, 1.807) is 0 Å². The van der Waals surface area contributed by atoms with Crippen LogP contribution in [0.3, 0.4) is 0 Å². The van der Waals surface area contributed by atoms with Gasteiger partial charge in [0.2, 0.25) is 10.0 Å². The highest BCUT2D eigenvalue weighted by Gasteiger charge is 2.24. The van der Waals surface area contributed by atoms with Crippen LogP contribution in [0.25, 0.3) is 0 Å². The van der Waals surface area contributed by atoms with E-state index < -0.39 is 16.0 Å². The number of carboxylic acid groups (broad SMARTS) is 1. The molecule has 122 valence electrons. The van der Waals surface area contributed by atoms with Crippen LogP contribution in [0.15, 0.2) is 29.2 Å². The molecule has 0 amide bonds. The Bertz CT molecular complexity index is 605. The normalized spacial score (nSPS) is 17.5. The highest BCUT2D eigenvalue weighted by molar-refractivity contribution is 7.89. The molecule has 1 aliphatic heterocycles. The second-order valence-electron chi connectivity index (χ2n) is 5.57. The number of nitrogens with zero attached hydrogens (tertiary/aromatic N) is 1. The number of benzene rings is 1. The van der Waals surface area contributed by atoms with Gasteiger partial charge in [-0.3, -0.25) is 0 Å². The van der Waals surface area contributed by atoms with Crippen LogP contribution in [0.4, 0.5) is 0 Å². The lowest BCUT2D eigenvalue weighted by atomic mass is 10.1. The minimum Gasteiger partial charge on any atom is -0.478 e. The molecule has 0 radical (unpaired) electrons. The van der Waals surface area contributed by atoms with Gasteiger partial charge in [0, 0.05) is 6.04 Å². The molecule has 1 aromatic carbocycles. The van der Waals surface area contributed by atoms with E-state index in [1.165, 1.54) is 24.3 Å². The summed E-state index contributed by atoms with van der Waals surface area (Å²) in [6.07, 6.45) is 2.70. The van der Waals surface area contributed by atoms with Crippen LogP contribution >= 0.6 is 0 Å². The van der Waals surface area contributed by atoms with Crippen LogP contribution in [0.2, 0.25) is 0 Å². The fraction of sp³-hybridized carbons (Fsp3) is 0.533.